The Bertz CT molecular complexity index is 992. The maximum atomic E-state index is 13.2. The van der Waals surface area contributed by atoms with Crippen LogP contribution in [0, 0.1) is 5.82 Å². The minimum atomic E-state index is -0.480. The highest BCUT2D eigenvalue weighted by Crippen LogP contribution is 2.13. The van der Waals surface area contributed by atoms with Crippen molar-refractivity contribution in [1.29, 1.82) is 0 Å². The molecule has 1 amide bonds. The zero-order valence-electron chi connectivity index (χ0n) is 13.7. The molecule has 0 spiro atoms. The summed E-state index contributed by atoms with van der Waals surface area (Å²) >= 11 is 3.10. The fourth-order valence-electron chi connectivity index (χ4n) is 2.35. The molecular weight excluding hydrogens is 403 g/mol. The SMILES string of the molecule is Cn1nc(C(=O)Nc2ccc(Cc3cccc(F)c3)cn2)cc(Br)c1=O. The highest BCUT2D eigenvalue weighted by Gasteiger charge is 2.12. The number of aryl methyl sites for hydroxylation is 1. The fourth-order valence-corrected chi connectivity index (χ4v) is 2.82. The van der Waals surface area contributed by atoms with Gasteiger partial charge >= 0.3 is 0 Å². The Morgan fingerprint density at radius 2 is 2.04 bits per heavy atom. The molecule has 2 aromatic heterocycles. The van der Waals surface area contributed by atoms with Gasteiger partial charge in [0.05, 0.1) is 4.47 Å². The number of nitrogens with one attached hydrogen (secondary N) is 1. The summed E-state index contributed by atoms with van der Waals surface area (Å²) < 4.78 is 14.6. The molecule has 132 valence electrons. The lowest BCUT2D eigenvalue weighted by atomic mass is 10.1. The normalized spacial score (nSPS) is 10.6. The first-order valence-corrected chi connectivity index (χ1v) is 8.46. The topological polar surface area (TPSA) is 76.9 Å². The van der Waals surface area contributed by atoms with Crippen LogP contribution in [0.5, 0.6) is 0 Å². The first kappa shape index (κ1) is 17.9. The molecule has 1 N–H and O–H groups in total. The number of benzene rings is 1. The van der Waals surface area contributed by atoms with E-state index in [0.717, 1.165) is 15.8 Å². The van der Waals surface area contributed by atoms with Crippen LogP contribution in [-0.2, 0) is 13.5 Å². The van der Waals surface area contributed by atoms with Gasteiger partial charge in [-0.2, -0.15) is 5.10 Å². The van der Waals surface area contributed by atoms with E-state index in [4.69, 9.17) is 0 Å². The largest absolute Gasteiger partial charge is 0.305 e. The van der Waals surface area contributed by atoms with Gasteiger partial charge in [-0.3, -0.25) is 9.59 Å². The number of carbonyl (C=O) groups is 1. The van der Waals surface area contributed by atoms with Crippen molar-refractivity contribution in [2.24, 2.45) is 7.05 Å². The summed E-state index contributed by atoms with van der Waals surface area (Å²) in [6, 6.07) is 11.2. The Labute approximate surface area is 156 Å². The van der Waals surface area contributed by atoms with Crippen molar-refractivity contribution in [3.63, 3.8) is 0 Å². The summed E-state index contributed by atoms with van der Waals surface area (Å²) in [6.45, 7) is 0. The molecule has 0 aliphatic carbocycles. The van der Waals surface area contributed by atoms with Crippen LogP contribution < -0.4 is 10.9 Å². The molecule has 0 saturated heterocycles. The zero-order chi connectivity index (χ0) is 18.7. The van der Waals surface area contributed by atoms with E-state index in [2.05, 4.69) is 31.3 Å². The second-order valence-electron chi connectivity index (χ2n) is 5.62. The molecule has 8 heteroatoms. The van der Waals surface area contributed by atoms with E-state index >= 15 is 0 Å². The Balaban J connectivity index is 1.71. The molecule has 0 fully saturated rings. The maximum absolute atomic E-state index is 13.2. The summed E-state index contributed by atoms with van der Waals surface area (Å²) in [5.74, 6) is -0.410. The van der Waals surface area contributed by atoms with Crippen molar-refractivity contribution < 1.29 is 9.18 Å². The van der Waals surface area contributed by atoms with Gasteiger partial charge in [-0.25, -0.2) is 14.1 Å². The van der Waals surface area contributed by atoms with Crippen LogP contribution in [0.25, 0.3) is 0 Å². The van der Waals surface area contributed by atoms with Crippen molar-refractivity contribution in [2.45, 2.75) is 6.42 Å². The molecule has 0 unspecified atom stereocenters. The van der Waals surface area contributed by atoms with Gasteiger partial charge in [-0.15, -0.1) is 0 Å². The Morgan fingerprint density at radius 3 is 2.69 bits per heavy atom. The van der Waals surface area contributed by atoms with Crippen LogP contribution in [0.1, 0.15) is 21.6 Å². The number of hydrogen-bond donors (Lipinski definition) is 1. The predicted molar refractivity (Wildman–Crippen MR) is 98.6 cm³/mol. The second kappa shape index (κ2) is 7.57. The van der Waals surface area contributed by atoms with Crippen LogP contribution in [0.4, 0.5) is 10.2 Å². The van der Waals surface area contributed by atoms with Gasteiger partial charge in [0.25, 0.3) is 11.5 Å². The van der Waals surface area contributed by atoms with Gasteiger partial charge in [-0.1, -0.05) is 18.2 Å². The number of amides is 1. The summed E-state index contributed by atoms with van der Waals surface area (Å²) in [5.41, 5.74) is 1.48. The summed E-state index contributed by atoms with van der Waals surface area (Å²) in [4.78, 5) is 28.0. The molecule has 0 aliphatic rings. The van der Waals surface area contributed by atoms with Gasteiger partial charge in [0.15, 0.2) is 0 Å². The quantitative estimate of drug-likeness (QED) is 0.709. The number of hydrogen-bond acceptors (Lipinski definition) is 4. The molecule has 3 aromatic rings. The number of nitrogens with zero attached hydrogens (tertiary/aromatic N) is 3. The fraction of sp³-hybridized carbons (Fsp3) is 0.111. The predicted octanol–water partition coefficient (Wildman–Crippen LogP) is 2.92. The van der Waals surface area contributed by atoms with E-state index < -0.39 is 5.91 Å². The molecular formula is C18H14BrFN4O2. The lowest BCUT2D eigenvalue weighted by Crippen LogP contribution is -2.25. The molecule has 0 aliphatic heterocycles. The number of halogens is 2. The van der Waals surface area contributed by atoms with Crippen molar-refractivity contribution >= 4 is 27.7 Å². The monoisotopic (exact) mass is 416 g/mol. The lowest BCUT2D eigenvalue weighted by Gasteiger charge is -2.07. The van der Waals surface area contributed by atoms with Crippen LogP contribution in [-0.4, -0.2) is 20.7 Å². The third kappa shape index (κ3) is 4.20. The van der Waals surface area contributed by atoms with E-state index in [0.29, 0.717) is 12.2 Å². The molecule has 0 bridgehead atoms. The van der Waals surface area contributed by atoms with Crippen LogP contribution in [0.3, 0.4) is 0 Å². The van der Waals surface area contributed by atoms with Crippen molar-refractivity contribution in [3.8, 4) is 0 Å². The van der Waals surface area contributed by atoms with Gasteiger partial charge in [0, 0.05) is 13.2 Å². The molecule has 0 radical (unpaired) electrons. The van der Waals surface area contributed by atoms with Gasteiger partial charge < -0.3 is 5.32 Å². The first-order valence-electron chi connectivity index (χ1n) is 7.67. The molecule has 0 saturated carbocycles. The summed E-state index contributed by atoms with van der Waals surface area (Å²) in [5, 5.41) is 6.53. The third-order valence-corrected chi connectivity index (χ3v) is 4.18. The van der Waals surface area contributed by atoms with E-state index in [9.17, 15) is 14.0 Å². The van der Waals surface area contributed by atoms with Crippen LogP contribution in [0.2, 0.25) is 0 Å². The summed E-state index contributed by atoms with van der Waals surface area (Å²) in [6.07, 6.45) is 2.15. The van der Waals surface area contributed by atoms with Crippen LogP contribution in [0.15, 0.2) is 57.9 Å². The zero-order valence-corrected chi connectivity index (χ0v) is 15.3. The van der Waals surface area contributed by atoms with E-state index in [-0.39, 0.29) is 21.5 Å². The molecule has 3 rings (SSSR count). The number of aromatic nitrogens is 3. The minimum Gasteiger partial charge on any atom is -0.305 e. The average Bonchev–Trinajstić information content (AvgIpc) is 2.61. The first-order chi connectivity index (χ1) is 12.4. The number of carbonyl (C=O) groups excluding carboxylic acids is 1. The highest BCUT2D eigenvalue weighted by molar-refractivity contribution is 9.10. The average molecular weight is 417 g/mol. The number of pyridine rings is 1. The highest BCUT2D eigenvalue weighted by atomic mass is 79.9. The Morgan fingerprint density at radius 1 is 1.23 bits per heavy atom. The molecule has 1 aromatic carbocycles. The van der Waals surface area contributed by atoms with Crippen LogP contribution >= 0.6 is 15.9 Å². The van der Waals surface area contributed by atoms with Gasteiger partial charge in [0.1, 0.15) is 17.3 Å². The third-order valence-electron chi connectivity index (χ3n) is 3.62. The van der Waals surface area contributed by atoms with E-state index in [1.807, 2.05) is 6.07 Å². The smallest absolute Gasteiger partial charge is 0.280 e. The Kier molecular flexibility index (Phi) is 5.22. The standard InChI is InChI=1S/C18H14BrFN4O2/c1-24-18(26)14(19)9-15(23-24)17(25)22-16-6-5-12(10-21-16)7-11-3-2-4-13(20)8-11/h2-6,8-10H,7H2,1H3,(H,21,22,25). The van der Waals surface area contributed by atoms with Crippen molar-refractivity contribution in [1.82, 2.24) is 14.8 Å². The Hall–Kier alpha value is -2.87. The minimum absolute atomic E-state index is 0.0876. The van der Waals surface area contributed by atoms with Crippen molar-refractivity contribution in [3.05, 3.63) is 86.1 Å². The van der Waals surface area contributed by atoms with Gasteiger partial charge in [0.2, 0.25) is 0 Å². The number of anilines is 1. The lowest BCUT2D eigenvalue weighted by molar-refractivity contribution is 0.101. The summed E-state index contributed by atoms with van der Waals surface area (Å²) in [7, 11) is 1.46. The van der Waals surface area contributed by atoms with E-state index in [1.165, 1.54) is 25.2 Å². The van der Waals surface area contributed by atoms with Crippen molar-refractivity contribution in [2.75, 3.05) is 5.32 Å². The van der Waals surface area contributed by atoms with Gasteiger partial charge in [-0.05, 0) is 57.7 Å². The molecule has 2 heterocycles. The maximum Gasteiger partial charge on any atom is 0.280 e. The van der Waals surface area contributed by atoms with E-state index in [1.54, 1.807) is 24.4 Å². The molecule has 26 heavy (non-hydrogen) atoms. The molecule has 0 atom stereocenters. The molecule has 6 nitrogen and oxygen atoms in total. The second-order valence-corrected chi connectivity index (χ2v) is 6.47. The number of rotatable bonds is 4.